The summed E-state index contributed by atoms with van der Waals surface area (Å²) in [5.41, 5.74) is 9.39. The van der Waals surface area contributed by atoms with Crippen molar-refractivity contribution in [3.63, 3.8) is 0 Å². The number of esters is 1. The molecule has 0 aliphatic carbocycles. The van der Waals surface area contributed by atoms with Gasteiger partial charge < -0.3 is 15.4 Å². The van der Waals surface area contributed by atoms with Gasteiger partial charge in [0, 0.05) is 11.4 Å². The Morgan fingerprint density at radius 3 is 3.00 bits per heavy atom. The number of fused-ring (bicyclic) bond motifs is 1. The number of nitrogens with zero attached hydrogens (tertiary/aromatic N) is 1. The van der Waals surface area contributed by atoms with Gasteiger partial charge in [-0.15, -0.1) is 11.3 Å². The highest BCUT2D eigenvalue weighted by Gasteiger charge is 2.27. The Morgan fingerprint density at radius 1 is 1.43 bits per heavy atom. The Kier molecular flexibility index (Phi) is 3.59. The van der Waals surface area contributed by atoms with Crippen LogP contribution in [0.3, 0.4) is 0 Å². The van der Waals surface area contributed by atoms with Crippen LogP contribution in [0.4, 0.5) is 11.4 Å². The van der Waals surface area contributed by atoms with E-state index in [2.05, 4.69) is 23.3 Å². The molecular formula is C16H18N2O2S. The van der Waals surface area contributed by atoms with Crippen molar-refractivity contribution in [2.45, 2.75) is 19.4 Å². The van der Waals surface area contributed by atoms with Crippen LogP contribution in [0.15, 0.2) is 29.6 Å². The zero-order chi connectivity index (χ0) is 15.0. The van der Waals surface area contributed by atoms with E-state index in [4.69, 9.17) is 10.5 Å². The third-order valence-corrected chi connectivity index (χ3v) is 5.07. The number of carbonyl (C=O) groups is 1. The van der Waals surface area contributed by atoms with Gasteiger partial charge in [0.25, 0.3) is 0 Å². The summed E-state index contributed by atoms with van der Waals surface area (Å²) < 4.78 is 4.79. The van der Waals surface area contributed by atoms with E-state index in [-0.39, 0.29) is 6.04 Å². The van der Waals surface area contributed by atoms with Gasteiger partial charge >= 0.3 is 5.97 Å². The van der Waals surface area contributed by atoms with Crippen molar-refractivity contribution >= 4 is 28.7 Å². The predicted octanol–water partition coefficient (Wildman–Crippen LogP) is 3.24. The fourth-order valence-corrected chi connectivity index (χ4v) is 3.89. The van der Waals surface area contributed by atoms with Crippen LogP contribution in [0.25, 0.3) is 0 Å². The summed E-state index contributed by atoms with van der Waals surface area (Å²) in [4.78, 5) is 15.5. The van der Waals surface area contributed by atoms with Gasteiger partial charge in [0.1, 0.15) is 0 Å². The molecule has 5 heteroatoms. The molecule has 1 atom stereocenters. The van der Waals surface area contributed by atoms with Crippen molar-refractivity contribution in [1.82, 2.24) is 0 Å². The van der Waals surface area contributed by atoms with Crippen molar-refractivity contribution < 1.29 is 9.53 Å². The maximum atomic E-state index is 11.8. The maximum absolute atomic E-state index is 11.8. The van der Waals surface area contributed by atoms with Crippen LogP contribution in [-0.2, 0) is 11.2 Å². The molecule has 0 amide bonds. The molecule has 110 valence electrons. The molecule has 0 saturated carbocycles. The molecule has 1 aromatic heterocycles. The average Bonchev–Trinajstić information content (AvgIpc) is 2.97. The second-order valence-corrected chi connectivity index (χ2v) is 6.15. The van der Waals surface area contributed by atoms with E-state index in [0.717, 1.165) is 18.7 Å². The highest BCUT2D eigenvalue weighted by molar-refractivity contribution is 7.10. The zero-order valence-corrected chi connectivity index (χ0v) is 12.9. The van der Waals surface area contributed by atoms with E-state index in [1.807, 2.05) is 23.5 Å². The monoisotopic (exact) mass is 302 g/mol. The van der Waals surface area contributed by atoms with E-state index in [1.54, 1.807) is 6.07 Å². The number of para-hydroxylation sites is 1. The summed E-state index contributed by atoms with van der Waals surface area (Å²) >= 11 is 1.81. The Morgan fingerprint density at radius 2 is 2.24 bits per heavy atom. The number of nitrogens with two attached hydrogens (primary N) is 1. The first kappa shape index (κ1) is 13.9. The molecule has 0 bridgehead atoms. The number of ether oxygens (including phenoxy) is 1. The summed E-state index contributed by atoms with van der Waals surface area (Å²) in [5.74, 6) is -0.393. The lowest BCUT2D eigenvalue weighted by molar-refractivity contribution is 0.0602. The van der Waals surface area contributed by atoms with Crippen LogP contribution in [0.2, 0.25) is 0 Å². The first-order valence-corrected chi connectivity index (χ1v) is 7.81. The topological polar surface area (TPSA) is 55.6 Å². The summed E-state index contributed by atoms with van der Waals surface area (Å²) in [5, 5.41) is 2.14. The Bertz CT molecular complexity index is 681. The van der Waals surface area contributed by atoms with Gasteiger partial charge in [-0.25, -0.2) is 4.79 Å². The molecule has 2 N–H and O–H groups in total. The smallest absolute Gasteiger partial charge is 0.340 e. The Hall–Kier alpha value is -2.01. The lowest BCUT2D eigenvalue weighted by atomic mass is 9.99. The molecule has 4 nitrogen and oxygen atoms in total. The number of hydrogen-bond donors (Lipinski definition) is 1. The van der Waals surface area contributed by atoms with E-state index in [9.17, 15) is 4.79 Å². The van der Waals surface area contributed by atoms with Crippen molar-refractivity contribution in [3.05, 3.63) is 45.6 Å². The molecule has 1 unspecified atom stereocenters. The summed E-state index contributed by atoms with van der Waals surface area (Å²) in [7, 11) is 1.37. The van der Waals surface area contributed by atoms with E-state index in [0.29, 0.717) is 11.3 Å². The quantitative estimate of drug-likeness (QED) is 0.683. The van der Waals surface area contributed by atoms with Crippen LogP contribution < -0.4 is 10.6 Å². The third-order valence-electron chi connectivity index (χ3n) is 4.08. The molecule has 1 aromatic carbocycles. The van der Waals surface area contributed by atoms with E-state index >= 15 is 0 Å². The first-order valence-electron chi connectivity index (χ1n) is 6.93. The number of anilines is 2. The molecule has 2 aromatic rings. The highest BCUT2D eigenvalue weighted by Crippen LogP contribution is 2.39. The molecule has 21 heavy (non-hydrogen) atoms. The number of carbonyl (C=O) groups excluding carboxylic acids is 1. The van der Waals surface area contributed by atoms with Gasteiger partial charge in [0.2, 0.25) is 0 Å². The largest absolute Gasteiger partial charge is 0.465 e. The normalized spacial score (nSPS) is 17.4. The van der Waals surface area contributed by atoms with Crippen molar-refractivity contribution in [3.8, 4) is 0 Å². The minimum atomic E-state index is -0.393. The number of hydrogen-bond acceptors (Lipinski definition) is 5. The number of thiophene rings is 1. The van der Waals surface area contributed by atoms with Gasteiger partial charge in [-0.3, -0.25) is 0 Å². The number of benzene rings is 1. The van der Waals surface area contributed by atoms with Crippen LogP contribution in [0.5, 0.6) is 0 Å². The van der Waals surface area contributed by atoms with Crippen molar-refractivity contribution in [1.29, 1.82) is 0 Å². The van der Waals surface area contributed by atoms with E-state index in [1.165, 1.54) is 17.6 Å². The second-order valence-electron chi connectivity index (χ2n) is 5.15. The number of methoxy groups -OCH3 is 1. The molecule has 1 aliphatic heterocycles. The summed E-state index contributed by atoms with van der Waals surface area (Å²) in [6.45, 7) is 3.08. The lowest BCUT2D eigenvalue weighted by Gasteiger charge is -2.36. The predicted molar refractivity (Wildman–Crippen MR) is 86.0 cm³/mol. The molecule has 0 fully saturated rings. The highest BCUT2D eigenvalue weighted by atomic mass is 32.1. The van der Waals surface area contributed by atoms with Gasteiger partial charge in [-0.05, 0) is 42.5 Å². The summed E-state index contributed by atoms with van der Waals surface area (Å²) in [6, 6.07) is 7.96. The van der Waals surface area contributed by atoms with Crippen molar-refractivity contribution in [2.24, 2.45) is 0 Å². The fraction of sp³-hybridized carbons (Fsp3) is 0.312. The molecule has 3 rings (SSSR count). The fourth-order valence-electron chi connectivity index (χ4n) is 2.93. The summed E-state index contributed by atoms with van der Waals surface area (Å²) in [6.07, 6.45) is 1.01. The zero-order valence-electron chi connectivity index (χ0n) is 12.1. The Balaban J connectivity index is 2.00. The van der Waals surface area contributed by atoms with Gasteiger partial charge in [0.05, 0.1) is 30.1 Å². The molecule has 0 saturated heterocycles. The lowest BCUT2D eigenvalue weighted by Crippen LogP contribution is -2.33. The molecule has 0 spiro atoms. The Labute approximate surface area is 128 Å². The standard InChI is InChI=1S/C16H18N2O2S/c1-10-11-7-9-21-14(11)6-8-18(10)13-5-3-4-12(15(13)17)16(19)20-2/h3-5,7,9-10H,6,8,17H2,1-2H3. The number of rotatable bonds is 2. The van der Waals surface area contributed by atoms with Crippen molar-refractivity contribution in [2.75, 3.05) is 24.3 Å². The van der Waals surface area contributed by atoms with Crippen LogP contribution in [0, 0.1) is 0 Å². The molecular weight excluding hydrogens is 284 g/mol. The van der Waals surface area contributed by atoms with Gasteiger partial charge in [-0.2, -0.15) is 0 Å². The molecule has 0 radical (unpaired) electrons. The van der Waals surface area contributed by atoms with Crippen LogP contribution >= 0.6 is 11.3 Å². The minimum Gasteiger partial charge on any atom is -0.465 e. The van der Waals surface area contributed by atoms with Crippen LogP contribution in [0.1, 0.15) is 33.8 Å². The average molecular weight is 302 g/mol. The number of nitrogen functional groups attached to an aromatic ring is 1. The van der Waals surface area contributed by atoms with E-state index < -0.39 is 5.97 Å². The molecule has 1 aliphatic rings. The third kappa shape index (κ3) is 2.27. The SMILES string of the molecule is COC(=O)c1cccc(N2CCc3sccc3C2C)c1N. The van der Waals surface area contributed by atoms with Gasteiger partial charge in [-0.1, -0.05) is 6.07 Å². The maximum Gasteiger partial charge on any atom is 0.340 e. The van der Waals surface area contributed by atoms with Crippen LogP contribution in [-0.4, -0.2) is 19.6 Å². The second kappa shape index (κ2) is 5.41. The van der Waals surface area contributed by atoms with Gasteiger partial charge in [0.15, 0.2) is 0 Å². The first-order chi connectivity index (χ1) is 10.1. The molecule has 2 heterocycles. The minimum absolute atomic E-state index is 0.259.